The zero-order valence-electron chi connectivity index (χ0n) is 11.8. The third-order valence-electron chi connectivity index (χ3n) is 3.20. The van der Waals surface area contributed by atoms with Crippen LogP contribution in [-0.4, -0.2) is 13.7 Å². The summed E-state index contributed by atoms with van der Waals surface area (Å²) in [7, 11) is 1.61. The van der Waals surface area contributed by atoms with E-state index in [2.05, 4.69) is 27.9 Å². The molecule has 0 aliphatic carbocycles. The molecule has 1 N–H and O–H groups in total. The van der Waals surface area contributed by atoms with Crippen molar-refractivity contribution in [1.82, 2.24) is 5.32 Å². The summed E-state index contributed by atoms with van der Waals surface area (Å²) >= 11 is 8.52. The van der Waals surface area contributed by atoms with E-state index in [1.165, 1.54) is 12.1 Å². The Kier molecular flexibility index (Phi) is 5.84. The minimum Gasteiger partial charge on any atom is -0.497 e. The molecule has 2 aromatic rings. The lowest BCUT2D eigenvalue weighted by atomic mass is 9.98. The molecule has 0 aromatic heterocycles. The van der Waals surface area contributed by atoms with Crippen LogP contribution in [0.1, 0.15) is 24.1 Å². The molecule has 1 unspecified atom stereocenters. The highest BCUT2D eigenvalue weighted by Gasteiger charge is 2.19. The Morgan fingerprint density at radius 3 is 2.52 bits per heavy atom. The van der Waals surface area contributed by atoms with Crippen molar-refractivity contribution in [3.8, 4) is 5.75 Å². The summed E-state index contributed by atoms with van der Waals surface area (Å²) in [5.41, 5.74) is 1.95. The smallest absolute Gasteiger partial charge is 0.124 e. The first-order valence-corrected chi connectivity index (χ1v) is 8.04. The average Bonchev–Trinajstić information content (AvgIpc) is 2.46. The summed E-state index contributed by atoms with van der Waals surface area (Å²) < 4.78 is 19.4. The molecule has 0 aliphatic rings. The van der Waals surface area contributed by atoms with Crippen LogP contribution >= 0.6 is 34.2 Å². The van der Waals surface area contributed by atoms with E-state index in [0.717, 1.165) is 21.2 Å². The van der Waals surface area contributed by atoms with Crippen molar-refractivity contribution < 1.29 is 9.13 Å². The molecule has 0 fully saturated rings. The second-order valence-electron chi connectivity index (χ2n) is 4.54. The third kappa shape index (κ3) is 3.87. The van der Waals surface area contributed by atoms with Crippen molar-refractivity contribution >= 4 is 34.2 Å². The number of benzene rings is 2. The fourth-order valence-electron chi connectivity index (χ4n) is 2.20. The number of halogens is 3. The molecule has 21 heavy (non-hydrogen) atoms. The van der Waals surface area contributed by atoms with Crippen LogP contribution in [0.3, 0.4) is 0 Å². The molecule has 112 valence electrons. The van der Waals surface area contributed by atoms with Crippen molar-refractivity contribution in [1.29, 1.82) is 0 Å². The number of hydrogen-bond acceptors (Lipinski definition) is 2. The second-order valence-corrected chi connectivity index (χ2v) is 6.11. The van der Waals surface area contributed by atoms with Gasteiger partial charge in [0.2, 0.25) is 0 Å². The molecule has 0 aliphatic heterocycles. The highest BCUT2D eigenvalue weighted by molar-refractivity contribution is 14.1. The first-order valence-electron chi connectivity index (χ1n) is 6.58. The Morgan fingerprint density at radius 1 is 1.24 bits per heavy atom. The summed E-state index contributed by atoms with van der Waals surface area (Å²) in [6, 6.07) is 10.3. The van der Waals surface area contributed by atoms with E-state index in [1.54, 1.807) is 19.2 Å². The maximum absolute atomic E-state index is 13.3. The van der Waals surface area contributed by atoms with Crippen LogP contribution in [0.5, 0.6) is 5.75 Å². The van der Waals surface area contributed by atoms with E-state index in [9.17, 15) is 4.39 Å². The van der Waals surface area contributed by atoms with Gasteiger partial charge in [0.05, 0.1) is 13.2 Å². The van der Waals surface area contributed by atoms with Gasteiger partial charge in [0.1, 0.15) is 11.6 Å². The van der Waals surface area contributed by atoms with Gasteiger partial charge >= 0.3 is 0 Å². The van der Waals surface area contributed by atoms with Crippen molar-refractivity contribution in [2.45, 2.75) is 13.0 Å². The van der Waals surface area contributed by atoms with Crippen LogP contribution in [-0.2, 0) is 0 Å². The van der Waals surface area contributed by atoms with Gasteiger partial charge in [-0.15, -0.1) is 0 Å². The Bertz CT molecular complexity index is 636. The van der Waals surface area contributed by atoms with Crippen LogP contribution in [0.4, 0.5) is 4.39 Å². The van der Waals surface area contributed by atoms with Crippen molar-refractivity contribution in [2.24, 2.45) is 0 Å². The third-order valence-corrected chi connectivity index (χ3v) is 4.46. The second kappa shape index (κ2) is 7.42. The summed E-state index contributed by atoms with van der Waals surface area (Å²) in [4.78, 5) is 0. The number of ether oxygens (including phenoxy) is 1. The monoisotopic (exact) mass is 419 g/mol. The Balaban J connectivity index is 2.48. The van der Waals surface area contributed by atoms with Crippen molar-refractivity contribution in [3.63, 3.8) is 0 Å². The Morgan fingerprint density at radius 2 is 1.95 bits per heavy atom. The van der Waals surface area contributed by atoms with Gasteiger partial charge in [0, 0.05) is 8.59 Å². The predicted octanol–water partition coefficient (Wildman–Crippen LogP) is 4.79. The highest BCUT2D eigenvalue weighted by Crippen LogP contribution is 2.33. The molecule has 0 bridgehead atoms. The SMILES string of the molecule is CCNC(c1ccc(OC)cc1Cl)c1ccc(F)cc1I. The molecule has 0 saturated heterocycles. The van der Waals surface area contributed by atoms with Gasteiger partial charge in [-0.25, -0.2) is 4.39 Å². The lowest BCUT2D eigenvalue weighted by Crippen LogP contribution is -2.23. The van der Waals surface area contributed by atoms with Crippen LogP contribution in [0.25, 0.3) is 0 Å². The van der Waals surface area contributed by atoms with Crippen LogP contribution in [0.15, 0.2) is 36.4 Å². The van der Waals surface area contributed by atoms with E-state index in [0.29, 0.717) is 10.8 Å². The standard InChI is InChI=1S/C16H16ClFINO/c1-3-20-16(13-6-4-10(18)8-15(13)19)12-7-5-11(21-2)9-14(12)17/h4-9,16,20H,3H2,1-2H3. The van der Waals surface area contributed by atoms with Gasteiger partial charge in [-0.05, 0) is 64.5 Å². The van der Waals surface area contributed by atoms with E-state index in [-0.39, 0.29) is 11.9 Å². The fourth-order valence-corrected chi connectivity index (χ4v) is 3.26. The number of methoxy groups -OCH3 is 1. The maximum Gasteiger partial charge on any atom is 0.124 e. The van der Waals surface area contributed by atoms with Gasteiger partial charge in [-0.2, -0.15) is 0 Å². The molecule has 0 amide bonds. The van der Waals surface area contributed by atoms with Gasteiger partial charge in [-0.1, -0.05) is 30.7 Å². The molecule has 2 rings (SSSR count). The molecular formula is C16H16ClFINO. The Labute approximate surface area is 142 Å². The number of nitrogens with one attached hydrogen (secondary N) is 1. The lowest BCUT2D eigenvalue weighted by Gasteiger charge is -2.22. The minimum absolute atomic E-state index is 0.0825. The molecule has 0 radical (unpaired) electrons. The van der Waals surface area contributed by atoms with Gasteiger partial charge in [0.15, 0.2) is 0 Å². The summed E-state index contributed by atoms with van der Waals surface area (Å²) in [5, 5.41) is 4.03. The molecule has 5 heteroatoms. The minimum atomic E-state index is -0.237. The fraction of sp³-hybridized carbons (Fsp3) is 0.250. The van der Waals surface area contributed by atoms with Crippen LogP contribution in [0.2, 0.25) is 5.02 Å². The molecule has 0 heterocycles. The molecular weight excluding hydrogens is 404 g/mol. The zero-order chi connectivity index (χ0) is 15.4. The summed E-state index contributed by atoms with van der Waals surface area (Å²) in [6.45, 7) is 2.81. The maximum atomic E-state index is 13.3. The quantitative estimate of drug-likeness (QED) is 0.704. The predicted molar refractivity (Wildman–Crippen MR) is 92.6 cm³/mol. The summed E-state index contributed by atoms with van der Waals surface area (Å²) in [5.74, 6) is 0.479. The topological polar surface area (TPSA) is 21.3 Å². The molecule has 0 saturated carbocycles. The Hall–Kier alpha value is -0.850. The van der Waals surface area contributed by atoms with Crippen molar-refractivity contribution in [2.75, 3.05) is 13.7 Å². The van der Waals surface area contributed by atoms with E-state index in [4.69, 9.17) is 16.3 Å². The number of rotatable bonds is 5. The largest absolute Gasteiger partial charge is 0.497 e. The first kappa shape index (κ1) is 16.5. The molecule has 2 nitrogen and oxygen atoms in total. The van der Waals surface area contributed by atoms with E-state index in [1.807, 2.05) is 19.1 Å². The van der Waals surface area contributed by atoms with Gasteiger partial charge < -0.3 is 10.1 Å². The van der Waals surface area contributed by atoms with Crippen molar-refractivity contribution in [3.05, 3.63) is 61.9 Å². The van der Waals surface area contributed by atoms with Crippen LogP contribution < -0.4 is 10.1 Å². The zero-order valence-corrected chi connectivity index (χ0v) is 14.7. The first-order chi connectivity index (χ1) is 10.1. The van der Waals surface area contributed by atoms with Gasteiger partial charge in [-0.3, -0.25) is 0 Å². The highest BCUT2D eigenvalue weighted by atomic mass is 127. The summed E-state index contributed by atoms with van der Waals surface area (Å²) in [6.07, 6.45) is 0. The molecule has 2 aromatic carbocycles. The number of hydrogen-bond donors (Lipinski definition) is 1. The molecule has 1 atom stereocenters. The normalized spacial score (nSPS) is 12.2. The van der Waals surface area contributed by atoms with E-state index < -0.39 is 0 Å². The van der Waals surface area contributed by atoms with E-state index >= 15 is 0 Å². The van der Waals surface area contributed by atoms with Gasteiger partial charge in [0.25, 0.3) is 0 Å². The molecule has 0 spiro atoms. The lowest BCUT2D eigenvalue weighted by molar-refractivity contribution is 0.414. The average molecular weight is 420 g/mol. The van der Waals surface area contributed by atoms with Crippen LogP contribution in [0, 0.1) is 9.39 Å².